The highest BCUT2D eigenvalue weighted by Gasteiger charge is 2.53. The van der Waals surface area contributed by atoms with Crippen LogP contribution in [-0.4, -0.2) is 75.3 Å². The Morgan fingerprint density at radius 1 is 1.24 bits per heavy atom. The van der Waals surface area contributed by atoms with E-state index >= 15 is 0 Å². The predicted molar refractivity (Wildman–Crippen MR) is 91.7 cm³/mol. The molecule has 0 aliphatic carbocycles. The first-order chi connectivity index (χ1) is 11.8. The van der Waals surface area contributed by atoms with Gasteiger partial charge in [0.25, 0.3) is 0 Å². The van der Waals surface area contributed by atoms with Gasteiger partial charge in [0.1, 0.15) is 0 Å². The van der Waals surface area contributed by atoms with Crippen LogP contribution in [0.5, 0.6) is 11.5 Å². The predicted octanol–water partition coefficient (Wildman–Crippen LogP) is 0.606. The standard InChI is InChI=1S/C16H21N3O5S/c1-18(2)12-8-25(21,22)15-7-19(6-11(12)15)16(20)17-10-3-4-13-14(5-10)24-9-23-13/h3-5,11-12,15H,6-9H2,1-2H3,(H,17,20)/t11-,12+,15-/m0/s1. The number of benzene rings is 1. The third-order valence-corrected chi connectivity index (χ3v) is 7.47. The molecule has 0 unspecified atom stereocenters. The maximum atomic E-state index is 12.6. The van der Waals surface area contributed by atoms with E-state index in [1.807, 2.05) is 19.0 Å². The average Bonchev–Trinajstić information content (AvgIpc) is 3.23. The Morgan fingerprint density at radius 2 is 2.00 bits per heavy atom. The number of fused-ring (bicyclic) bond motifs is 2. The summed E-state index contributed by atoms with van der Waals surface area (Å²) in [7, 11) is 0.608. The fourth-order valence-electron chi connectivity index (χ4n) is 3.91. The second-order valence-electron chi connectivity index (χ2n) is 6.97. The Kier molecular flexibility index (Phi) is 3.80. The van der Waals surface area contributed by atoms with Gasteiger partial charge in [-0.15, -0.1) is 0 Å². The Bertz CT molecular complexity index is 810. The number of likely N-dealkylation sites (tertiary alicyclic amines) is 1. The van der Waals surface area contributed by atoms with Gasteiger partial charge in [0.15, 0.2) is 21.3 Å². The molecule has 2 fully saturated rings. The molecule has 25 heavy (non-hydrogen) atoms. The largest absolute Gasteiger partial charge is 0.454 e. The zero-order valence-corrected chi connectivity index (χ0v) is 15.0. The van der Waals surface area contributed by atoms with Gasteiger partial charge in [-0.1, -0.05) is 0 Å². The number of sulfone groups is 1. The summed E-state index contributed by atoms with van der Waals surface area (Å²) in [5.41, 5.74) is 0.596. The molecule has 1 aromatic carbocycles. The SMILES string of the molecule is CN(C)[C@@H]1CS(=O)(=O)[C@H]2CN(C(=O)Nc3ccc4c(c3)OCO4)C[C@@H]12. The van der Waals surface area contributed by atoms with Gasteiger partial charge in [-0.2, -0.15) is 0 Å². The van der Waals surface area contributed by atoms with Gasteiger partial charge >= 0.3 is 6.03 Å². The second kappa shape index (κ2) is 5.77. The summed E-state index contributed by atoms with van der Waals surface area (Å²) < 4.78 is 35.3. The van der Waals surface area contributed by atoms with Gasteiger partial charge < -0.3 is 24.6 Å². The lowest BCUT2D eigenvalue weighted by atomic mass is 10.00. The van der Waals surface area contributed by atoms with Crippen molar-refractivity contribution in [1.82, 2.24) is 9.80 Å². The van der Waals surface area contributed by atoms with Crippen LogP contribution in [0.15, 0.2) is 18.2 Å². The van der Waals surface area contributed by atoms with Gasteiger partial charge in [-0.05, 0) is 26.2 Å². The number of carbonyl (C=O) groups is 1. The third-order valence-electron chi connectivity index (χ3n) is 5.24. The molecule has 3 aliphatic rings. The average molecular weight is 367 g/mol. The zero-order chi connectivity index (χ0) is 17.8. The van der Waals surface area contributed by atoms with Crippen molar-refractivity contribution < 1.29 is 22.7 Å². The van der Waals surface area contributed by atoms with Gasteiger partial charge in [0.05, 0.1) is 11.0 Å². The number of nitrogens with zero attached hydrogens (tertiary/aromatic N) is 2. The lowest BCUT2D eigenvalue weighted by Crippen LogP contribution is -2.39. The lowest BCUT2D eigenvalue weighted by Gasteiger charge is -2.25. The maximum absolute atomic E-state index is 12.6. The minimum absolute atomic E-state index is 0.0393. The molecular formula is C16H21N3O5S. The summed E-state index contributed by atoms with van der Waals surface area (Å²) in [6.07, 6.45) is 0. The minimum Gasteiger partial charge on any atom is -0.454 e. The van der Waals surface area contributed by atoms with Gasteiger partial charge in [0.2, 0.25) is 6.79 Å². The van der Waals surface area contributed by atoms with Crippen LogP contribution in [0.2, 0.25) is 0 Å². The van der Waals surface area contributed by atoms with E-state index in [1.54, 1.807) is 23.1 Å². The number of amides is 2. The first-order valence-corrected chi connectivity index (χ1v) is 9.90. The van der Waals surface area contributed by atoms with Crippen LogP contribution in [0.3, 0.4) is 0 Å². The van der Waals surface area contributed by atoms with Crippen molar-refractivity contribution in [3.63, 3.8) is 0 Å². The van der Waals surface area contributed by atoms with Crippen LogP contribution in [0.4, 0.5) is 10.5 Å². The van der Waals surface area contributed by atoms with Gasteiger partial charge in [0, 0.05) is 36.8 Å². The summed E-state index contributed by atoms with van der Waals surface area (Å²) in [5, 5.41) is 2.35. The minimum atomic E-state index is -3.17. The van der Waals surface area contributed by atoms with Crippen LogP contribution in [0.1, 0.15) is 0 Å². The van der Waals surface area contributed by atoms with E-state index in [9.17, 15) is 13.2 Å². The van der Waals surface area contributed by atoms with Crippen LogP contribution in [-0.2, 0) is 9.84 Å². The second-order valence-corrected chi connectivity index (χ2v) is 9.23. The molecule has 3 aliphatic heterocycles. The Balaban J connectivity index is 1.47. The summed E-state index contributed by atoms with van der Waals surface area (Å²) in [6.45, 7) is 0.864. The first kappa shape index (κ1) is 16.5. The number of anilines is 1. The zero-order valence-electron chi connectivity index (χ0n) is 14.1. The molecule has 1 N–H and O–H groups in total. The fraction of sp³-hybridized carbons (Fsp3) is 0.562. The van der Waals surface area contributed by atoms with Crippen molar-refractivity contribution in [2.24, 2.45) is 5.92 Å². The van der Waals surface area contributed by atoms with Crippen molar-refractivity contribution >= 4 is 21.6 Å². The molecule has 0 radical (unpaired) electrons. The van der Waals surface area contributed by atoms with Crippen molar-refractivity contribution in [2.75, 3.05) is 45.0 Å². The number of carbonyl (C=O) groups excluding carboxylic acids is 1. The van der Waals surface area contributed by atoms with E-state index < -0.39 is 15.1 Å². The van der Waals surface area contributed by atoms with E-state index in [4.69, 9.17) is 9.47 Å². The number of rotatable bonds is 2. The van der Waals surface area contributed by atoms with Gasteiger partial charge in [-0.3, -0.25) is 0 Å². The van der Waals surface area contributed by atoms with E-state index in [0.717, 1.165) is 0 Å². The lowest BCUT2D eigenvalue weighted by molar-refractivity contribution is 0.174. The van der Waals surface area contributed by atoms with Crippen molar-refractivity contribution in [2.45, 2.75) is 11.3 Å². The van der Waals surface area contributed by atoms with Crippen LogP contribution < -0.4 is 14.8 Å². The molecule has 9 heteroatoms. The van der Waals surface area contributed by atoms with E-state index in [2.05, 4.69) is 5.32 Å². The molecular weight excluding hydrogens is 346 g/mol. The molecule has 0 saturated carbocycles. The van der Waals surface area contributed by atoms with Crippen LogP contribution >= 0.6 is 0 Å². The molecule has 4 rings (SSSR count). The molecule has 0 bridgehead atoms. The Labute approximate surface area is 146 Å². The van der Waals surface area contributed by atoms with E-state index in [-0.39, 0.29) is 37.1 Å². The molecule has 2 saturated heterocycles. The Morgan fingerprint density at radius 3 is 2.76 bits per heavy atom. The summed E-state index contributed by atoms with van der Waals surface area (Å²) in [5.74, 6) is 1.37. The highest BCUT2D eigenvalue weighted by atomic mass is 32.2. The number of urea groups is 1. The van der Waals surface area contributed by atoms with Crippen LogP contribution in [0, 0.1) is 5.92 Å². The highest BCUT2D eigenvalue weighted by molar-refractivity contribution is 7.92. The molecule has 8 nitrogen and oxygen atoms in total. The fourth-order valence-corrected chi connectivity index (χ4v) is 6.38. The quantitative estimate of drug-likeness (QED) is 0.824. The molecule has 0 aromatic heterocycles. The molecule has 0 spiro atoms. The first-order valence-electron chi connectivity index (χ1n) is 8.19. The summed E-state index contributed by atoms with van der Waals surface area (Å²) >= 11 is 0. The number of ether oxygens (including phenoxy) is 2. The van der Waals surface area contributed by atoms with E-state index in [0.29, 0.717) is 23.7 Å². The van der Waals surface area contributed by atoms with Crippen molar-refractivity contribution in [1.29, 1.82) is 0 Å². The molecule has 3 heterocycles. The highest BCUT2D eigenvalue weighted by Crippen LogP contribution is 2.37. The molecule has 2 amide bonds. The number of hydrogen-bond donors (Lipinski definition) is 1. The monoisotopic (exact) mass is 367 g/mol. The van der Waals surface area contributed by atoms with Crippen molar-refractivity contribution in [3.05, 3.63) is 18.2 Å². The number of hydrogen-bond acceptors (Lipinski definition) is 6. The normalized spacial score (nSPS) is 29.1. The van der Waals surface area contributed by atoms with Crippen LogP contribution in [0.25, 0.3) is 0 Å². The Hall–Kier alpha value is -2.00. The molecule has 136 valence electrons. The topological polar surface area (TPSA) is 88.2 Å². The molecule has 1 aromatic rings. The van der Waals surface area contributed by atoms with E-state index in [1.165, 1.54) is 0 Å². The smallest absolute Gasteiger partial charge is 0.321 e. The number of nitrogens with one attached hydrogen (secondary N) is 1. The summed E-state index contributed by atoms with van der Waals surface area (Å²) in [6, 6.07) is 4.85. The summed E-state index contributed by atoms with van der Waals surface area (Å²) in [4.78, 5) is 16.1. The molecule has 3 atom stereocenters. The maximum Gasteiger partial charge on any atom is 0.321 e. The van der Waals surface area contributed by atoms with Crippen molar-refractivity contribution in [3.8, 4) is 11.5 Å². The van der Waals surface area contributed by atoms with Gasteiger partial charge in [-0.25, -0.2) is 13.2 Å². The third kappa shape index (κ3) is 2.81.